The van der Waals surface area contributed by atoms with E-state index in [0.29, 0.717) is 25.2 Å². The van der Waals surface area contributed by atoms with Gasteiger partial charge in [-0.3, -0.25) is 4.79 Å². The molecule has 2 unspecified atom stereocenters. The van der Waals surface area contributed by atoms with Crippen molar-refractivity contribution in [2.24, 2.45) is 10.9 Å². The lowest BCUT2D eigenvalue weighted by Gasteiger charge is -2.29. The SMILES string of the molecule is COCCNC(=NCC(=O)N(C)C)NC1CCCC(C)C1. The Morgan fingerprint density at radius 1 is 1.38 bits per heavy atom. The molecule has 0 aromatic carbocycles. The van der Waals surface area contributed by atoms with Gasteiger partial charge in [-0.25, -0.2) is 4.99 Å². The molecule has 1 fully saturated rings. The first-order valence-corrected chi connectivity index (χ1v) is 7.77. The van der Waals surface area contributed by atoms with Crippen LogP contribution in [0.4, 0.5) is 0 Å². The fraction of sp³-hybridized carbons (Fsp3) is 0.867. The zero-order chi connectivity index (χ0) is 15.7. The van der Waals surface area contributed by atoms with Gasteiger partial charge in [-0.1, -0.05) is 19.8 Å². The van der Waals surface area contributed by atoms with Gasteiger partial charge in [0, 0.05) is 33.8 Å². The second-order valence-electron chi connectivity index (χ2n) is 5.99. The number of hydrogen-bond donors (Lipinski definition) is 2. The van der Waals surface area contributed by atoms with E-state index in [4.69, 9.17) is 4.74 Å². The van der Waals surface area contributed by atoms with Crippen LogP contribution in [-0.4, -0.2) is 63.7 Å². The fourth-order valence-electron chi connectivity index (χ4n) is 2.47. The lowest BCUT2D eigenvalue weighted by Crippen LogP contribution is -2.46. The molecule has 1 aliphatic rings. The van der Waals surface area contributed by atoms with E-state index in [1.807, 2.05) is 0 Å². The molecule has 0 spiro atoms. The number of likely N-dealkylation sites (N-methyl/N-ethyl adjacent to an activating group) is 1. The van der Waals surface area contributed by atoms with Crippen LogP contribution in [0.5, 0.6) is 0 Å². The van der Waals surface area contributed by atoms with Gasteiger partial charge in [-0.15, -0.1) is 0 Å². The van der Waals surface area contributed by atoms with Crippen molar-refractivity contribution in [2.75, 3.05) is 40.9 Å². The standard InChI is InChI=1S/C15H30N4O2/c1-12-6-5-7-13(10-12)18-15(16-8-9-21-4)17-11-14(20)19(2)3/h12-13H,5-11H2,1-4H3,(H2,16,17,18). The highest BCUT2D eigenvalue weighted by atomic mass is 16.5. The Bertz CT molecular complexity index is 345. The van der Waals surface area contributed by atoms with Crippen LogP contribution < -0.4 is 10.6 Å². The highest BCUT2D eigenvalue weighted by Gasteiger charge is 2.19. The molecule has 1 rings (SSSR count). The number of nitrogens with zero attached hydrogens (tertiary/aromatic N) is 2. The molecule has 122 valence electrons. The Balaban J connectivity index is 2.53. The van der Waals surface area contributed by atoms with Crippen molar-refractivity contribution in [2.45, 2.75) is 38.6 Å². The minimum absolute atomic E-state index is 0.000135. The van der Waals surface area contributed by atoms with E-state index in [9.17, 15) is 4.79 Å². The number of aliphatic imine (C=N–C) groups is 1. The smallest absolute Gasteiger partial charge is 0.243 e. The third-order valence-electron chi connectivity index (χ3n) is 3.75. The van der Waals surface area contributed by atoms with Crippen molar-refractivity contribution < 1.29 is 9.53 Å². The van der Waals surface area contributed by atoms with Gasteiger partial charge in [-0.05, 0) is 18.8 Å². The van der Waals surface area contributed by atoms with Crippen LogP contribution in [0.3, 0.4) is 0 Å². The highest BCUT2D eigenvalue weighted by molar-refractivity contribution is 5.84. The molecular formula is C15H30N4O2. The van der Waals surface area contributed by atoms with E-state index in [1.54, 1.807) is 26.1 Å². The predicted octanol–water partition coefficient (Wildman–Crippen LogP) is 0.835. The highest BCUT2D eigenvalue weighted by Crippen LogP contribution is 2.23. The molecular weight excluding hydrogens is 268 g/mol. The van der Waals surface area contributed by atoms with E-state index in [0.717, 1.165) is 18.8 Å². The van der Waals surface area contributed by atoms with E-state index in [1.165, 1.54) is 12.8 Å². The van der Waals surface area contributed by atoms with Gasteiger partial charge in [0.1, 0.15) is 6.54 Å². The molecule has 0 aromatic rings. The van der Waals surface area contributed by atoms with Gasteiger partial charge in [0.2, 0.25) is 5.91 Å². The van der Waals surface area contributed by atoms with Crippen LogP contribution in [0.1, 0.15) is 32.6 Å². The fourth-order valence-corrected chi connectivity index (χ4v) is 2.47. The first-order chi connectivity index (χ1) is 10.0. The lowest BCUT2D eigenvalue weighted by atomic mass is 9.87. The third-order valence-corrected chi connectivity index (χ3v) is 3.75. The zero-order valence-corrected chi connectivity index (χ0v) is 13.8. The monoisotopic (exact) mass is 298 g/mol. The van der Waals surface area contributed by atoms with Crippen LogP contribution >= 0.6 is 0 Å². The summed E-state index contributed by atoms with van der Waals surface area (Å²) in [5.74, 6) is 1.46. The van der Waals surface area contributed by atoms with Gasteiger partial charge in [0.05, 0.1) is 6.61 Å². The Kier molecular flexibility index (Phi) is 8.12. The van der Waals surface area contributed by atoms with Gasteiger partial charge in [0.15, 0.2) is 5.96 Å². The van der Waals surface area contributed by atoms with Gasteiger partial charge >= 0.3 is 0 Å². The van der Waals surface area contributed by atoms with E-state index >= 15 is 0 Å². The predicted molar refractivity (Wildman–Crippen MR) is 85.4 cm³/mol. The van der Waals surface area contributed by atoms with E-state index in [2.05, 4.69) is 22.5 Å². The number of rotatable bonds is 6. The summed E-state index contributed by atoms with van der Waals surface area (Å²) in [7, 11) is 5.16. The van der Waals surface area contributed by atoms with Crippen LogP contribution in [-0.2, 0) is 9.53 Å². The number of methoxy groups -OCH3 is 1. The second kappa shape index (κ2) is 9.60. The van der Waals surface area contributed by atoms with Crippen molar-refractivity contribution in [1.29, 1.82) is 0 Å². The molecule has 1 saturated carbocycles. The summed E-state index contributed by atoms with van der Waals surface area (Å²) >= 11 is 0. The number of carbonyl (C=O) groups excluding carboxylic acids is 1. The molecule has 6 heteroatoms. The summed E-state index contributed by atoms with van der Waals surface area (Å²) in [6, 6.07) is 0.442. The van der Waals surface area contributed by atoms with Crippen molar-refractivity contribution in [1.82, 2.24) is 15.5 Å². The maximum Gasteiger partial charge on any atom is 0.243 e. The molecule has 0 aliphatic heterocycles. The van der Waals surface area contributed by atoms with Crippen LogP contribution in [0.15, 0.2) is 4.99 Å². The summed E-state index contributed by atoms with van der Waals surface area (Å²) in [5.41, 5.74) is 0. The van der Waals surface area contributed by atoms with E-state index in [-0.39, 0.29) is 12.5 Å². The minimum atomic E-state index is -0.000135. The largest absolute Gasteiger partial charge is 0.383 e. The zero-order valence-electron chi connectivity index (χ0n) is 13.8. The quantitative estimate of drug-likeness (QED) is 0.433. The summed E-state index contributed by atoms with van der Waals surface area (Å²) in [4.78, 5) is 17.6. The molecule has 0 radical (unpaired) electrons. The second-order valence-corrected chi connectivity index (χ2v) is 5.99. The molecule has 0 aromatic heterocycles. The van der Waals surface area contributed by atoms with Gasteiger partial charge < -0.3 is 20.3 Å². The number of hydrogen-bond acceptors (Lipinski definition) is 3. The van der Waals surface area contributed by atoms with Crippen LogP contribution in [0.25, 0.3) is 0 Å². The molecule has 1 aliphatic carbocycles. The van der Waals surface area contributed by atoms with Crippen molar-refractivity contribution in [3.05, 3.63) is 0 Å². The third kappa shape index (κ3) is 7.32. The average molecular weight is 298 g/mol. The first kappa shape index (κ1) is 17.8. The normalized spacial score (nSPS) is 22.8. The summed E-state index contributed by atoms with van der Waals surface area (Å²) in [6.45, 7) is 3.75. The molecule has 6 nitrogen and oxygen atoms in total. The van der Waals surface area contributed by atoms with Gasteiger partial charge in [0.25, 0.3) is 0 Å². The summed E-state index contributed by atoms with van der Waals surface area (Å²) in [5, 5.41) is 6.67. The van der Waals surface area contributed by atoms with Crippen molar-refractivity contribution in [3.8, 4) is 0 Å². The molecule has 2 atom stereocenters. The number of nitrogens with one attached hydrogen (secondary N) is 2. The maximum absolute atomic E-state index is 11.7. The van der Waals surface area contributed by atoms with Crippen molar-refractivity contribution >= 4 is 11.9 Å². The molecule has 0 saturated heterocycles. The lowest BCUT2D eigenvalue weighted by molar-refractivity contribution is -0.127. The topological polar surface area (TPSA) is 66.0 Å². The summed E-state index contributed by atoms with van der Waals surface area (Å²) in [6.07, 6.45) is 4.88. The molecule has 0 heterocycles. The summed E-state index contributed by atoms with van der Waals surface area (Å²) < 4.78 is 5.04. The average Bonchev–Trinajstić information content (AvgIpc) is 2.44. The Hall–Kier alpha value is -1.30. The van der Waals surface area contributed by atoms with Gasteiger partial charge in [-0.2, -0.15) is 0 Å². The van der Waals surface area contributed by atoms with Crippen molar-refractivity contribution in [3.63, 3.8) is 0 Å². The van der Waals surface area contributed by atoms with Crippen LogP contribution in [0, 0.1) is 5.92 Å². The molecule has 2 N–H and O–H groups in total. The Morgan fingerprint density at radius 3 is 2.76 bits per heavy atom. The number of carbonyl (C=O) groups is 1. The number of amides is 1. The minimum Gasteiger partial charge on any atom is -0.383 e. The Labute approximate surface area is 128 Å². The molecule has 1 amide bonds. The first-order valence-electron chi connectivity index (χ1n) is 7.77. The number of ether oxygens (including phenoxy) is 1. The number of guanidine groups is 1. The Morgan fingerprint density at radius 2 is 2.14 bits per heavy atom. The van der Waals surface area contributed by atoms with Crippen LogP contribution in [0.2, 0.25) is 0 Å². The van der Waals surface area contributed by atoms with E-state index < -0.39 is 0 Å². The molecule has 0 bridgehead atoms. The maximum atomic E-state index is 11.7. The molecule has 21 heavy (non-hydrogen) atoms.